The van der Waals surface area contributed by atoms with Gasteiger partial charge >= 0.3 is 0 Å². The lowest BCUT2D eigenvalue weighted by Crippen LogP contribution is -2.25. The summed E-state index contributed by atoms with van der Waals surface area (Å²) in [7, 11) is -3.53. The smallest absolute Gasteiger partial charge is 0.251 e. The summed E-state index contributed by atoms with van der Waals surface area (Å²) in [4.78, 5) is 16.2. The number of unbranched alkanes of at least 4 members (excludes halogenated alkanes) is 2. The molecule has 1 aromatic heterocycles. The highest BCUT2D eigenvalue weighted by Gasteiger charge is 2.14. The van der Waals surface area contributed by atoms with Gasteiger partial charge in [0.1, 0.15) is 0 Å². The first kappa shape index (κ1) is 19.1. The van der Waals surface area contributed by atoms with Gasteiger partial charge in [-0.3, -0.25) is 9.78 Å². The highest BCUT2D eigenvalue weighted by Crippen LogP contribution is 2.11. The van der Waals surface area contributed by atoms with Crippen LogP contribution in [0.5, 0.6) is 0 Å². The summed E-state index contributed by atoms with van der Waals surface area (Å²) in [5, 5.41) is 2.79. The summed E-state index contributed by atoms with van der Waals surface area (Å²) in [5.74, 6) is -0.253. The van der Waals surface area contributed by atoms with Crippen LogP contribution in [0, 0.1) is 0 Å². The van der Waals surface area contributed by atoms with Crippen molar-refractivity contribution in [2.45, 2.75) is 37.6 Å². The van der Waals surface area contributed by atoms with E-state index in [4.69, 9.17) is 0 Å². The quantitative estimate of drug-likeness (QED) is 0.672. The van der Waals surface area contributed by atoms with E-state index >= 15 is 0 Å². The van der Waals surface area contributed by atoms with E-state index in [9.17, 15) is 13.2 Å². The molecule has 1 heterocycles. The topological polar surface area (TPSA) is 88.2 Å². The van der Waals surface area contributed by atoms with Gasteiger partial charge in [-0.25, -0.2) is 13.1 Å². The van der Waals surface area contributed by atoms with Gasteiger partial charge in [0.2, 0.25) is 10.0 Å². The monoisotopic (exact) mass is 361 g/mol. The summed E-state index contributed by atoms with van der Waals surface area (Å²) in [6.45, 7) is 2.87. The van der Waals surface area contributed by atoms with E-state index in [1.807, 2.05) is 12.1 Å². The molecule has 0 fully saturated rings. The van der Waals surface area contributed by atoms with Crippen LogP contribution in [0.15, 0.2) is 53.7 Å². The van der Waals surface area contributed by atoms with Gasteiger partial charge in [-0.15, -0.1) is 0 Å². The van der Waals surface area contributed by atoms with Gasteiger partial charge in [-0.1, -0.05) is 19.8 Å². The molecule has 0 unspecified atom stereocenters. The van der Waals surface area contributed by atoms with Crippen LogP contribution in [0.3, 0.4) is 0 Å². The minimum Gasteiger partial charge on any atom is -0.348 e. The number of benzene rings is 1. The maximum Gasteiger partial charge on any atom is 0.251 e. The second-order valence-electron chi connectivity index (χ2n) is 5.67. The second-order valence-corrected chi connectivity index (χ2v) is 7.43. The van der Waals surface area contributed by atoms with E-state index in [0.717, 1.165) is 24.8 Å². The summed E-state index contributed by atoms with van der Waals surface area (Å²) in [6.07, 6.45) is 6.15. The summed E-state index contributed by atoms with van der Waals surface area (Å²) >= 11 is 0. The summed E-state index contributed by atoms with van der Waals surface area (Å²) in [6, 6.07) is 9.57. The molecule has 0 aliphatic rings. The molecule has 7 heteroatoms. The molecule has 25 heavy (non-hydrogen) atoms. The summed E-state index contributed by atoms with van der Waals surface area (Å²) in [5.41, 5.74) is 1.36. The zero-order valence-corrected chi connectivity index (χ0v) is 15.1. The molecule has 0 spiro atoms. The molecule has 6 nitrogen and oxygen atoms in total. The first-order chi connectivity index (χ1) is 12.0. The lowest BCUT2D eigenvalue weighted by atomic mass is 10.2. The minimum absolute atomic E-state index is 0.162. The van der Waals surface area contributed by atoms with E-state index in [2.05, 4.69) is 21.9 Å². The first-order valence-corrected chi connectivity index (χ1v) is 9.78. The largest absolute Gasteiger partial charge is 0.348 e. The van der Waals surface area contributed by atoms with Crippen molar-refractivity contribution >= 4 is 15.9 Å². The number of rotatable bonds is 9. The molecule has 134 valence electrons. The third kappa shape index (κ3) is 5.95. The molecule has 0 aliphatic heterocycles. The molecule has 2 N–H and O–H groups in total. The average molecular weight is 361 g/mol. The third-order valence-electron chi connectivity index (χ3n) is 3.70. The van der Waals surface area contributed by atoms with Crippen molar-refractivity contribution in [3.05, 3.63) is 59.9 Å². The van der Waals surface area contributed by atoms with Crippen molar-refractivity contribution in [3.63, 3.8) is 0 Å². The Morgan fingerprint density at radius 2 is 1.72 bits per heavy atom. The van der Waals surface area contributed by atoms with Crippen LogP contribution in [0.1, 0.15) is 42.1 Å². The van der Waals surface area contributed by atoms with Gasteiger partial charge in [0.05, 0.1) is 4.90 Å². The van der Waals surface area contributed by atoms with Gasteiger partial charge in [-0.2, -0.15) is 0 Å². The van der Waals surface area contributed by atoms with Crippen LogP contribution in [-0.4, -0.2) is 25.9 Å². The number of amides is 1. The van der Waals surface area contributed by atoms with Crippen molar-refractivity contribution < 1.29 is 13.2 Å². The summed E-state index contributed by atoms with van der Waals surface area (Å²) < 4.78 is 26.9. The second kappa shape index (κ2) is 9.29. The van der Waals surface area contributed by atoms with Crippen LogP contribution >= 0.6 is 0 Å². The molecule has 1 amide bonds. The number of aromatic nitrogens is 1. The Morgan fingerprint density at radius 1 is 1.04 bits per heavy atom. The van der Waals surface area contributed by atoms with Gasteiger partial charge in [-0.05, 0) is 48.4 Å². The molecule has 0 saturated heterocycles. The molecule has 0 atom stereocenters. The molecule has 1 aromatic carbocycles. The Hall–Kier alpha value is -2.25. The van der Waals surface area contributed by atoms with Crippen molar-refractivity contribution in [3.8, 4) is 0 Å². The van der Waals surface area contributed by atoms with E-state index in [1.54, 1.807) is 12.4 Å². The number of carbonyl (C=O) groups is 1. The Kier molecular flexibility index (Phi) is 7.09. The average Bonchev–Trinajstić information content (AvgIpc) is 2.64. The molecule has 0 aliphatic carbocycles. The third-order valence-corrected chi connectivity index (χ3v) is 5.18. The van der Waals surface area contributed by atoms with E-state index in [-0.39, 0.29) is 10.8 Å². The van der Waals surface area contributed by atoms with Crippen molar-refractivity contribution in [2.75, 3.05) is 6.54 Å². The number of sulfonamides is 1. The zero-order chi connectivity index (χ0) is 18.1. The number of hydrogen-bond donors (Lipinski definition) is 2. The fourth-order valence-electron chi connectivity index (χ4n) is 2.24. The molecule has 2 rings (SSSR count). The Bertz CT molecular complexity index is 775. The lowest BCUT2D eigenvalue weighted by molar-refractivity contribution is 0.0951. The maximum atomic E-state index is 12.2. The predicted molar refractivity (Wildman–Crippen MR) is 96.6 cm³/mol. The van der Waals surface area contributed by atoms with Gasteiger partial charge in [0, 0.05) is 31.0 Å². The number of carbonyl (C=O) groups excluding carboxylic acids is 1. The normalized spacial score (nSPS) is 11.2. The maximum absolute atomic E-state index is 12.2. The number of nitrogens with one attached hydrogen (secondary N) is 2. The number of hydrogen-bond acceptors (Lipinski definition) is 4. The Morgan fingerprint density at radius 3 is 2.36 bits per heavy atom. The van der Waals surface area contributed by atoms with Crippen LogP contribution in [0.25, 0.3) is 0 Å². The molecule has 0 bridgehead atoms. The Labute approximate surface area is 148 Å². The van der Waals surface area contributed by atoms with Crippen molar-refractivity contribution in [1.82, 2.24) is 15.0 Å². The first-order valence-electron chi connectivity index (χ1n) is 8.30. The van der Waals surface area contributed by atoms with Crippen molar-refractivity contribution in [2.24, 2.45) is 0 Å². The fourth-order valence-corrected chi connectivity index (χ4v) is 3.31. The van der Waals surface area contributed by atoms with Crippen LogP contribution in [0.4, 0.5) is 0 Å². The predicted octanol–water partition coefficient (Wildman–Crippen LogP) is 2.48. The highest BCUT2D eigenvalue weighted by atomic mass is 32.2. The lowest BCUT2D eigenvalue weighted by Gasteiger charge is -2.08. The fraction of sp³-hybridized carbons (Fsp3) is 0.333. The Balaban J connectivity index is 1.93. The number of nitrogens with zero attached hydrogens (tertiary/aromatic N) is 1. The SMILES string of the molecule is CCCCCNS(=O)(=O)c1ccc(C(=O)NCc2ccncc2)cc1. The van der Waals surface area contributed by atoms with E-state index < -0.39 is 10.0 Å². The van der Waals surface area contributed by atoms with Gasteiger partial charge in [0.25, 0.3) is 5.91 Å². The molecule has 0 radical (unpaired) electrons. The van der Waals surface area contributed by atoms with E-state index in [1.165, 1.54) is 24.3 Å². The van der Waals surface area contributed by atoms with Crippen LogP contribution < -0.4 is 10.0 Å². The zero-order valence-electron chi connectivity index (χ0n) is 14.2. The van der Waals surface area contributed by atoms with Gasteiger partial charge in [0.15, 0.2) is 0 Å². The van der Waals surface area contributed by atoms with Crippen LogP contribution in [0.2, 0.25) is 0 Å². The molecular formula is C18H23N3O3S. The molecule has 2 aromatic rings. The van der Waals surface area contributed by atoms with E-state index in [0.29, 0.717) is 18.7 Å². The standard InChI is InChI=1S/C18H23N3O3S/c1-2-3-4-11-21-25(23,24)17-7-5-16(6-8-17)18(22)20-14-15-9-12-19-13-10-15/h5-10,12-13,21H,2-4,11,14H2,1H3,(H,20,22). The number of pyridine rings is 1. The molecular weight excluding hydrogens is 338 g/mol. The molecule has 0 saturated carbocycles. The van der Waals surface area contributed by atoms with Crippen molar-refractivity contribution in [1.29, 1.82) is 0 Å². The highest BCUT2D eigenvalue weighted by molar-refractivity contribution is 7.89. The minimum atomic E-state index is -3.53. The van der Waals surface area contributed by atoms with Gasteiger partial charge < -0.3 is 5.32 Å². The van der Waals surface area contributed by atoms with Crippen LogP contribution in [-0.2, 0) is 16.6 Å².